The van der Waals surface area contributed by atoms with Gasteiger partial charge in [-0.1, -0.05) is 48.0 Å². The summed E-state index contributed by atoms with van der Waals surface area (Å²) in [5.74, 6) is 0.121. The van der Waals surface area contributed by atoms with Crippen LogP contribution in [0, 0.1) is 6.92 Å². The topological polar surface area (TPSA) is 74.3 Å². The first-order valence-electron chi connectivity index (χ1n) is 5.89. The predicted octanol–water partition coefficient (Wildman–Crippen LogP) is 2.79. The maximum absolute atomic E-state index is 10.6. The Hall–Kier alpha value is -1.98. The Morgan fingerprint density at radius 3 is 1.80 bits per heavy atom. The molecule has 0 saturated carbocycles. The number of aryl methyl sites for hydroxylation is 1. The van der Waals surface area contributed by atoms with Crippen molar-refractivity contribution < 1.29 is 17.8 Å². The molecule has 20 heavy (non-hydrogen) atoms. The Kier molecular flexibility index (Phi) is 5.61. The molecule has 0 aliphatic heterocycles. The molecular weight excluding hydrogens is 276 g/mol. The van der Waals surface area contributed by atoms with E-state index in [4.69, 9.17) is 0 Å². The summed E-state index contributed by atoms with van der Waals surface area (Å²) in [4.78, 5) is 10.5. The first-order chi connectivity index (χ1) is 9.30. The van der Waals surface area contributed by atoms with E-state index < -0.39 is 10.1 Å². The highest BCUT2D eigenvalue weighted by Crippen LogP contribution is 2.08. The van der Waals surface area contributed by atoms with E-state index in [0.717, 1.165) is 11.1 Å². The second-order valence-electron chi connectivity index (χ2n) is 4.19. The quantitative estimate of drug-likeness (QED) is 0.630. The SMILES string of the molecule is CC(=O)c1ccccc1.Cc1ccc(S(=O)(=O)[O-])cc1. The van der Waals surface area contributed by atoms with Crippen molar-refractivity contribution in [2.24, 2.45) is 0 Å². The van der Waals surface area contributed by atoms with Crippen molar-refractivity contribution in [3.8, 4) is 0 Å². The van der Waals surface area contributed by atoms with Crippen LogP contribution >= 0.6 is 0 Å². The average Bonchev–Trinajstić information content (AvgIpc) is 2.40. The van der Waals surface area contributed by atoms with E-state index in [1.807, 2.05) is 37.3 Å². The third kappa shape index (κ3) is 5.34. The van der Waals surface area contributed by atoms with Gasteiger partial charge in [-0.15, -0.1) is 0 Å². The molecule has 0 unspecified atom stereocenters. The van der Waals surface area contributed by atoms with Gasteiger partial charge in [-0.2, -0.15) is 0 Å². The fourth-order valence-corrected chi connectivity index (χ4v) is 1.85. The van der Waals surface area contributed by atoms with E-state index >= 15 is 0 Å². The van der Waals surface area contributed by atoms with E-state index in [9.17, 15) is 17.8 Å². The molecule has 0 heterocycles. The van der Waals surface area contributed by atoms with Crippen LogP contribution in [0.4, 0.5) is 0 Å². The molecule has 0 bridgehead atoms. The van der Waals surface area contributed by atoms with E-state index in [1.165, 1.54) is 12.1 Å². The number of rotatable bonds is 2. The van der Waals surface area contributed by atoms with Gasteiger partial charge in [-0.3, -0.25) is 4.79 Å². The second kappa shape index (κ2) is 6.98. The van der Waals surface area contributed by atoms with Crippen molar-refractivity contribution in [2.45, 2.75) is 18.7 Å². The lowest BCUT2D eigenvalue weighted by Gasteiger charge is -2.05. The molecule has 0 spiro atoms. The van der Waals surface area contributed by atoms with Gasteiger partial charge >= 0.3 is 0 Å². The summed E-state index contributed by atoms with van der Waals surface area (Å²) in [5, 5.41) is 0. The number of hydrogen-bond donors (Lipinski definition) is 0. The summed E-state index contributed by atoms with van der Waals surface area (Å²) in [7, 11) is -4.27. The monoisotopic (exact) mass is 291 g/mol. The van der Waals surface area contributed by atoms with E-state index in [-0.39, 0.29) is 10.7 Å². The Morgan fingerprint density at radius 1 is 0.950 bits per heavy atom. The molecule has 0 amide bonds. The maximum Gasteiger partial charge on any atom is 0.159 e. The maximum atomic E-state index is 10.6. The summed E-state index contributed by atoms with van der Waals surface area (Å²) in [6, 6.07) is 15.0. The number of benzene rings is 2. The minimum Gasteiger partial charge on any atom is -0.744 e. The van der Waals surface area contributed by atoms with Crippen LogP contribution in [0.1, 0.15) is 22.8 Å². The highest BCUT2D eigenvalue weighted by molar-refractivity contribution is 7.85. The van der Waals surface area contributed by atoms with Crippen molar-refractivity contribution >= 4 is 15.9 Å². The van der Waals surface area contributed by atoms with E-state index in [0.29, 0.717) is 0 Å². The van der Waals surface area contributed by atoms with Gasteiger partial charge in [-0.05, 0) is 26.0 Å². The molecule has 0 saturated heterocycles. The molecule has 0 atom stereocenters. The van der Waals surface area contributed by atoms with E-state index in [2.05, 4.69) is 0 Å². The molecule has 2 rings (SSSR count). The smallest absolute Gasteiger partial charge is 0.159 e. The fraction of sp³-hybridized carbons (Fsp3) is 0.133. The van der Waals surface area contributed by atoms with Crippen LogP contribution in [0.5, 0.6) is 0 Å². The van der Waals surface area contributed by atoms with Crippen molar-refractivity contribution in [3.63, 3.8) is 0 Å². The first kappa shape index (κ1) is 16.1. The van der Waals surface area contributed by atoms with E-state index in [1.54, 1.807) is 19.1 Å². The standard InChI is InChI=1S/C8H8O.C7H8O3S/c1-7(9)8-5-3-2-4-6-8;1-6-2-4-7(5-3-6)11(8,9)10/h2-6H,1H3;2-5H,1H3,(H,8,9,10)/p-1. The van der Waals surface area contributed by atoms with Crippen LogP contribution in [-0.2, 0) is 10.1 Å². The Bertz CT molecular complexity index is 659. The van der Waals surface area contributed by atoms with Gasteiger partial charge in [0.2, 0.25) is 0 Å². The fourth-order valence-electron chi connectivity index (χ4n) is 1.38. The molecular formula is C15H15O4S-. The molecule has 0 aromatic heterocycles. The molecule has 0 radical (unpaired) electrons. The first-order valence-corrected chi connectivity index (χ1v) is 7.30. The van der Waals surface area contributed by atoms with Crippen LogP contribution in [0.3, 0.4) is 0 Å². The summed E-state index contributed by atoms with van der Waals surface area (Å²) < 4.78 is 31.2. The minimum absolute atomic E-state index is 0.121. The lowest BCUT2D eigenvalue weighted by Crippen LogP contribution is -1.97. The number of carbonyl (C=O) groups excluding carboxylic acids is 1. The minimum atomic E-state index is -4.27. The number of hydrogen-bond acceptors (Lipinski definition) is 4. The lowest BCUT2D eigenvalue weighted by molar-refractivity contribution is 0.101. The average molecular weight is 291 g/mol. The van der Waals surface area contributed by atoms with Crippen molar-refractivity contribution in [3.05, 3.63) is 65.7 Å². The predicted molar refractivity (Wildman–Crippen MR) is 75.6 cm³/mol. The molecule has 0 N–H and O–H groups in total. The molecule has 5 heteroatoms. The van der Waals surface area contributed by atoms with Crippen molar-refractivity contribution in [1.82, 2.24) is 0 Å². The third-order valence-electron chi connectivity index (χ3n) is 2.49. The Balaban J connectivity index is 0.000000204. The summed E-state index contributed by atoms with van der Waals surface area (Å²) in [6.45, 7) is 3.39. The van der Waals surface area contributed by atoms with Gasteiger partial charge in [0.15, 0.2) is 5.78 Å². The number of Topliss-reactive ketones (excluding diaryl/α,β-unsaturated/α-hetero) is 1. The highest BCUT2D eigenvalue weighted by Gasteiger charge is 1.97. The zero-order chi connectivity index (χ0) is 15.2. The molecule has 2 aromatic carbocycles. The summed E-state index contributed by atoms with van der Waals surface area (Å²) in [5.41, 5.74) is 1.70. The molecule has 0 aliphatic carbocycles. The Labute approximate surface area is 118 Å². The Morgan fingerprint density at radius 2 is 1.45 bits per heavy atom. The molecule has 2 aromatic rings. The summed E-state index contributed by atoms with van der Waals surface area (Å²) >= 11 is 0. The molecule has 106 valence electrons. The van der Waals surface area contributed by atoms with Gasteiger partial charge in [0, 0.05) is 5.56 Å². The van der Waals surface area contributed by atoms with Gasteiger partial charge in [0.05, 0.1) is 4.90 Å². The molecule has 4 nitrogen and oxygen atoms in total. The van der Waals surface area contributed by atoms with Gasteiger partial charge in [0.25, 0.3) is 0 Å². The van der Waals surface area contributed by atoms with Crippen molar-refractivity contribution in [2.75, 3.05) is 0 Å². The van der Waals surface area contributed by atoms with Gasteiger partial charge in [0.1, 0.15) is 10.1 Å². The summed E-state index contributed by atoms with van der Waals surface area (Å²) in [6.07, 6.45) is 0. The molecule has 0 fully saturated rings. The van der Waals surface area contributed by atoms with Crippen LogP contribution in [0.25, 0.3) is 0 Å². The zero-order valence-electron chi connectivity index (χ0n) is 11.2. The number of ketones is 1. The van der Waals surface area contributed by atoms with Gasteiger partial charge < -0.3 is 4.55 Å². The second-order valence-corrected chi connectivity index (χ2v) is 5.57. The lowest BCUT2D eigenvalue weighted by atomic mass is 10.2. The van der Waals surface area contributed by atoms with Crippen molar-refractivity contribution in [1.29, 1.82) is 0 Å². The van der Waals surface area contributed by atoms with Crippen LogP contribution in [-0.4, -0.2) is 18.8 Å². The van der Waals surface area contributed by atoms with Crippen LogP contribution in [0.2, 0.25) is 0 Å². The van der Waals surface area contributed by atoms with Gasteiger partial charge in [-0.25, -0.2) is 8.42 Å². The normalized spacial score (nSPS) is 10.3. The van der Waals surface area contributed by atoms with Crippen LogP contribution < -0.4 is 0 Å². The molecule has 0 aliphatic rings. The largest absolute Gasteiger partial charge is 0.744 e. The van der Waals surface area contributed by atoms with Crippen LogP contribution in [0.15, 0.2) is 59.5 Å². The highest BCUT2D eigenvalue weighted by atomic mass is 32.2. The number of carbonyl (C=O) groups is 1. The third-order valence-corrected chi connectivity index (χ3v) is 3.34. The zero-order valence-corrected chi connectivity index (χ0v) is 12.1.